The van der Waals surface area contributed by atoms with Crippen molar-refractivity contribution in [1.82, 2.24) is 0 Å². The zero-order chi connectivity index (χ0) is 19.1. The van der Waals surface area contributed by atoms with Crippen LogP contribution in [0, 0.1) is 6.42 Å². The van der Waals surface area contributed by atoms with Crippen molar-refractivity contribution in [2.45, 2.75) is 93.4 Å². The normalized spacial score (nSPS) is 13.0. The minimum atomic E-state index is 1.05. The molecule has 0 fully saturated rings. The predicted molar refractivity (Wildman–Crippen MR) is 117 cm³/mol. The van der Waals surface area contributed by atoms with E-state index in [0.717, 1.165) is 12.8 Å². The largest absolute Gasteiger partial charge is 0.0856 e. The lowest BCUT2D eigenvalue weighted by molar-refractivity contribution is 0.916. The molecule has 0 bridgehead atoms. The summed E-state index contributed by atoms with van der Waals surface area (Å²) in [5.74, 6) is 0. The van der Waals surface area contributed by atoms with Crippen molar-refractivity contribution in [3.8, 4) is 0 Å². The summed E-state index contributed by atoms with van der Waals surface area (Å²) in [4.78, 5) is 0. The van der Waals surface area contributed by atoms with E-state index in [9.17, 15) is 0 Å². The van der Waals surface area contributed by atoms with Crippen LogP contribution < -0.4 is 0 Å². The first-order valence-corrected chi connectivity index (χ1v) is 9.88. The Bertz CT molecular complexity index is 498. The van der Waals surface area contributed by atoms with E-state index < -0.39 is 0 Å². The third-order valence-electron chi connectivity index (χ3n) is 4.22. The van der Waals surface area contributed by atoms with Crippen molar-refractivity contribution in [3.63, 3.8) is 0 Å². The van der Waals surface area contributed by atoms with Crippen LogP contribution in [-0.4, -0.2) is 0 Å². The lowest BCUT2D eigenvalue weighted by Gasteiger charge is -2.02. The van der Waals surface area contributed by atoms with Crippen molar-refractivity contribution in [3.05, 3.63) is 64.7 Å². The van der Waals surface area contributed by atoms with Crippen LogP contribution in [0.2, 0.25) is 0 Å². The molecule has 0 heterocycles. The van der Waals surface area contributed by atoms with Crippen LogP contribution in [0.5, 0.6) is 0 Å². The second kappa shape index (κ2) is 15.0. The maximum atomic E-state index is 2.41. The smallest absolute Gasteiger partial charge is 0.0130 e. The van der Waals surface area contributed by atoms with Gasteiger partial charge in [-0.1, -0.05) is 58.2 Å². The second-order valence-electron chi connectivity index (χ2n) is 7.76. The molecule has 0 aromatic heterocycles. The molecule has 0 aromatic carbocycles. The van der Waals surface area contributed by atoms with Gasteiger partial charge in [0.15, 0.2) is 0 Å². The fourth-order valence-corrected chi connectivity index (χ4v) is 2.55. The Morgan fingerprint density at radius 3 is 1.48 bits per heavy atom. The molecule has 0 amide bonds. The predicted octanol–water partition coefficient (Wildman–Crippen LogP) is 8.69. The Morgan fingerprint density at radius 1 is 0.520 bits per heavy atom. The minimum Gasteiger partial charge on any atom is -0.0856 e. The topological polar surface area (TPSA) is 0 Å². The van der Waals surface area contributed by atoms with Crippen molar-refractivity contribution in [1.29, 1.82) is 0 Å². The van der Waals surface area contributed by atoms with Gasteiger partial charge in [-0.3, -0.25) is 0 Å². The quantitative estimate of drug-likeness (QED) is 0.246. The van der Waals surface area contributed by atoms with Gasteiger partial charge in [-0.15, -0.1) is 0 Å². The highest BCUT2D eigenvalue weighted by molar-refractivity contribution is 5.12. The van der Waals surface area contributed by atoms with Crippen molar-refractivity contribution in [2.75, 3.05) is 0 Å². The lowest BCUT2D eigenvalue weighted by Crippen LogP contribution is -1.82. The standard InChI is InChI=1S/C25H41/c1-21(2)13-10-17-23(5)15-8-9-16-24(6)19-12-20-25(7)18-11-14-22(3)4/h9,13-16,20H,8,10-12,17-19H2,1-7H3/b23-15+,24-16?,25-20?. The maximum absolute atomic E-state index is 2.41. The summed E-state index contributed by atoms with van der Waals surface area (Å²) in [6.45, 7) is 15.4. The fourth-order valence-electron chi connectivity index (χ4n) is 2.55. The van der Waals surface area contributed by atoms with Gasteiger partial charge in [-0.05, 0) is 99.8 Å². The Hall–Kier alpha value is -1.30. The van der Waals surface area contributed by atoms with Gasteiger partial charge in [-0.25, -0.2) is 0 Å². The van der Waals surface area contributed by atoms with Crippen LogP contribution in [0.3, 0.4) is 0 Å². The van der Waals surface area contributed by atoms with Gasteiger partial charge in [0.2, 0.25) is 0 Å². The van der Waals surface area contributed by atoms with Gasteiger partial charge in [0.1, 0.15) is 0 Å². The molecule has 0 heteroatoms. The SMILES string of the molecule is CC(C)=CCCC(C)=CCCC(C)=C[CH]C/C=C(\C)CCC=C(C)C. The molecule has 25 heavy (non-hydrogen) atoms. The van der Waals surface area contributed by atoms with E-state index in [1.807, 2.05) is 0 Å². The van der Waals surface area contributed by atoms with Gasteiger partial charge < -0.3 is 0 Å². The molecule has 0 saturated carbocycles. The zero-order valence-corrected chi connectivity index (χ0v) is 17.9. The van der Waals surface area contributed by atoms with Gasteiger partial charge >= 0.3 is 0 Å². The number of allylic oxidation sites excluding steroid dienone is 10. The van der Waals surface area contributed by atoms with Crippen molar-refractivity contribution in [2.24, 2.45) is 0 Å². The highest BCUT2D eigenvalue weighted by Crippen LogP contribution is 2.13. The molecule has 0 spiro atoms. The van der Waals surface area contributed by atoms with Crippen molar-refractivity contribution >= 4 is 0 Å². The summed E-state index contributed by atoms with van der Waals surface area (Å²) in [5, 5.41) is 0. The second-order valence-corrected chi connectivity index (χ2v) is 7.76. The van der Waals surface area contributed by atoms with E-state index in [-0.39, 0.29) is 0 Å². The monoisotopic (exact) mass is 341 g/mol. The van der Waals surface area contributed by atoms with E-state index in [2.05, 4.69) is 85.3 Å². The summed E-state index contributed by atoms with van der Waals surface area (Å²) in [7, 11) is 0. The summed E-state index contributed by atoms with van der Waals surface area (Å²) < 4.78 is 0. The van der Waals surface area contributed by atoms with E-state index >= 15 is 0 Å². The van der Waals surface area contributed by atoms with Gasteiger partial charge in [0.25, 0.3) is 0 Å². The molecule has 0 saturated heterocycles. The number of hydrogen-bond donors (Lipinski definition) is 0. The van der Waals surface area contributed by atoms with Crippen LogP contribution in [-0.2, 0) is 0 Å². The highest BCUT2D eigenvalue weighted by atomic mass is 14.0. The van der Waals surface area contributed by atoms with Crippen LogP contribution in [0.25, 0.3) is 0 Å². The minimum absolute atomic E-state index is 1.05. The molecular formula is C25H41. The summed E-state index contributed by atoms with van der Waals surface area (Å²) in [6, 6.07) is 0. The Kier molecular flexibility index (Phi) is 14.2. The van der Waals surface area contributed by atoms with Gasteiger partial charge in [0.05, 0.1) is 0 Å². The van der Waals surface area contributed by atoms with Crippen LogP contribution in [0.15, 0.2) is 58.2 Å². The first-order chi connectivity index (χ1) is 11.8. The molecule has 0 aliphatic rings. The number of hydrogen-bond acceptors (Lipinski definition) is 0. The lowest BCUT2D eigenvalue weighted by atomic mass is 10.0. The molecular weight excluding hydrogens is 300 g/mol. The van der Waals surface area contributed by atoms with E-state index in [1.54, 1.807) is 0 Å². The third kappa shape index (κ3) is 17.3. The first kappa shape index (κ1) is 23.7. The van der Waals surface area contributed by atoms with E-state index in [1.165, 1.54) is 60.0 Å². The van der Waals surface area contributed by atoms with E-state index in [4.69, 9.17) is 0 Å². The van der Waals surface area contributed by atoms with E-state index in [0.29, 0.717) is 0 Å². The molecule has 0 aromatic rings. The molecule has 0 unspecified atom stereocenters. The number of rotatable bonds is 12. The molecule has 0 N–H and O–H groups in total. The van der Waals surface area contributed by atoms with Crippen LogP contribution >= 0.6 is 0 Å². The Labute approximate surface area is 158 Å². The zero-order valence-electron chi connectivity index (χ0n) is 17.9. The fraction of sp³-hybridized carbons (Fsp3) is 0.560. The molecule has 141 valence electrons. The average molecular weight is 342 g/mol. The highest BCUT2D eigenvalue weighted by Gasteiger charge is 1.93. The molecule has 0 atom stereocenters. The van der Waals surface area contributed by atoms with Crippen molar-refractivity contribution < 1.29 is 0 Å². The summed E-state index contributed by atoms with van der Waals surface area (Å²) in [5.41, 5.74) is 7.32. The molecule has 0 aliphatic heterocycles. The number of unbranched alkanes of at least 4 members (excludes halogenated alkanes) is 1. The first-order valence-electron chi connectivity index (χ1n) is 9.88. The third-order valence-corrected chi connectivity index (χ3v) is 4.22. The Balaban J connectivity index is 3.98. The molecule has 0 nitrogen and oxygen atoms in total. The molecule has 0 rings (SSSR count). The summed E-state index contributed by atoms with van der Waals surface area (Å²) in [6.07, 6.45) is 22.1. The molecule has 1 radical (unpaired) electrons. The van der Waals surface area contributed by atoms with Gasteiger partial charge in [0, 0.05) is 0 Å². The summed E-state index contributed by atoms with van der Waals surface area (Å²) >= 11 is 0. The van der Waals surface area contributed by atoms with Gasteiger partial charge in [-0.2, -0.15) is 0 Å². The van der Waals surface area contributed by atoms with Crippen LogP contribution in [0.4, 0.5) is 0 Å². The average Bonchev–Trinajstić information content (AvgIpc) is 2.51. The molecule has 0 aliphatic carbocycles. The van der Waals surface area contributed by atoms with Crippen LogP contribution in [0.1, 0.15) is 93.4 Å². The Morgan fingerprint density at radius 2 is 0.960 bits per heavy atom. The maximum Gasteiger partial charge on any atom is -0.0130 e.